The van der Waals surface area contributed by atoms with Crippen molar-refractivity contribution in [2.45, 2.75) is 20.0 Å². The van der Waals surface area contributed by atoms with E-state index in [0.29, 0.717) is 29.5 Å². The number of aromatic carboxylic acids is 1. The second kappa shape index (κ2) is 7.44. The summed E-state index contributed by atoms with van der Waals surface area (Å²) in [6, 6.07) is 13.5. The molecule has 0 unspecified atom stereocenters. The predicted octanol–water partition coefficient (Wildman–Crippen LogP) is 4.79. The molecule has 1 N–H and O–H groups in total. The smallest absolute Gasteiger partial charge is 0.347 e. The van der Waals surface area contributed by atoms with Gasteiger partial charge in [0, 0.05) is 5.56 Å². The lowest BCUT2D eigenvalue weighted by Crippen LogP contribution is -1.97. The van der Waals surface area contributed by atoms with E-state index >= 15 is 0 Å². The Bertz CT molecular complexity index is 873. The molecule has 3 aromatic rings. The highest BCUT2D eigenvalue weighted by Crippen LogP contribution is 2.30. The van der Waals surface area contributed by atoms with Crippen LogP contribution in [0.25, 0.3) is 10.6 Å². The van der Waals surface area contributed by atoms with Crippen molar-refractivity contribution in [3.63, 3.8) is 0 Å². The molecule has 128 valence electrons. The third kappa shape index (κ3) is 4.03. The molecule has 0 amide bonds. The number of ether oxygens (including phenoxy) is 1. The lowest BCUT2D eigenvalue weighted by atomic mass is 10.2. The van der Waals surface area contributed by atoms with Crippen LogP contribution in [-0.2, 0) is 13.0 Å². The molecule has 0 saturated heterocycles. The molecule has 2 aromatic carbocycles. The number of carbonyl (C=O) groups is 1. The van der Waals surface area contributed by atoms with E-state index < -0.39 is 5.97 Å². The summed E-state index contributed by atoms with van der Waals surface area (Å²) in [5, 5.41) is 9.90. The largest absolute Gasteiger partial charge is 0.489 e. The quantitative estimate of drug-likeness (QED) is 0.689. The highest BCUT2D eigenvalue weighted by molar-refractivity contribution is 7.17. The molecular weight excluding hydrogens is 341 g/mol. The van der Waals surface area contributed by atoms with Gasteiger partial charge in [-0.1, -0.05) is 19.1 Å². The van der Waals surface area contributed by atoms with E-state index in [2.05, 4.69) is 4.98 Å². The molecule has 4 nitrogen and oxygen atoms in total. The minimum atomic E-state index is -0.945. The Morgan fingerprint density at radius 1 is 1.16 bits per heavy atom. The van der Waals surface area contributed by atoms with Crippen LogP contribution in [0.4, 0.5) is 4.39 Å². The average molecular weight is 357 g/mol. The highest BCUT2D eigenvalue weighted by Gasteiger charge is 2.16. The van der Waals surface area contributed by atoms with Crippen LogP contribution in [0.1, 0.15) is 27.9 Å². The van der Waals surface area contributed by atoms with Gasteiger partial charge in [-0.15, -0.1) is 11.3 Å². The standard InChI is InChI=1S/C19H16FNO3S/c1-2-16-17(19(22)23)25-18(21-16)13-5-9-15(10-6-13)24-11-12-3-7-14(20)8-4-12/h3-10H,2,11H2,1H3,(H,22,23). The molecule has 6 heteroatoms. The molecule has 1 heterocycles. The first-order valence-corrected chi connectivity index (χ1v) is 8.59. The monoisotopic (exact) mass is 357 g/mol. The Morgan fingerprint density at radius 2 is 1.84 bits per heavy atom. The molecular formula is C19H16FNO3S. The van der Waals surface area contributed by atoms with E-state index in [0.717, 1.165) is 11.1 Å². The van der Waals surface area contributed by atoms with Gasteiger partial charge in [0.2, 0.25) is 0 Å². The Kier molecular flexibility index (Phi) is 5.09. The van der Waals surface area contributed by atoms with Crippen LogP contribution in [0.2, 0.25) is 0 Å². The van der Waals surface area contributed by atoms with Crippen LogP contribution in [0, 0.1) is 5.82 Å². The fraction of sp³-hybridized carbons (Fsp3) is 0.158. The van der Waals surface area contributed by atoms with E-state index in [4.69, 9.17) is 4.74 Å². The molecule has 0 saturated carbocycles. The Hall–Kier alpha value is -2.73. The zero-order valence-electron chi connectivity index (χ0n) is 13.5. The summed E-state index contributed by atoms with van der Waals surface area (Å²) in [6.45, 7) is 2.23. The van der Waals surface area contributed by atoms with E-state index in [1.807, 2.05) is 31.2 Å². The molecule has 1 aromatic heterocycles. The SMILES string of the molecule is CCc1nc(-c2ccc(OCc3ccc(F)cc3)cc2)sc1C(=O)O. The van der Waals surface area contributed by atoms with E-state index in [-0.39, 0.29) is 10.7 Å². The van der Waals surface area contributed by atoms with Crippen molar-refractivity contribution in [2.75, 3.05) is 0 Å². The third-order valence-corrected chi connectivity index (χ3v) is 4.78. The molecule has 0 radical (unpaired) electrons. The topological polar surface area (TPSA) is 59.4 Å². The van der Waals surface area contributed by atoms with Crippen LogP contribution in [0.15, 0.2) is 48.5 Å². The summed E-state index contributed by atoms with van der Waals surface area (Å²) in [5.41, 5.74) is 2.33. The van der Waals surface area contributed by atoms with Crippen molar-refractivity contribution in [2.24, 2.45) is 0 Å². The first-order chi connectivity index (χ1) is 12.1. The van der Waals surface area contributed by atoms with Gasteiger partial charge in [0.15, 0.2) is 0 Å². The molecule has 0 aliphatic rings. The van der Waals surface area contributed by atoms with Crippen LogP contribution in [0.3, 0.4) is 0 Å². The number of halogens is 1. The summed E-state index contributed by atoms with van der Waals surface area (Å²) in [7, 11) is 0. The summed E-state index contributed by atoms with van der Waals surface area (Å²) >= 11 is 1.18. The van der Waals surface area contributed by atoms with Crippen molar-refractivity contribution in [3.05, 3.63) is 70.5 Å². The van der Waals surface area contributed by atoms with E-state index in [1.165, 1.54) is 23.5 Å². The second-order valence-electron chi connectivity index (χ2n) is 5.39. The number of benzene rings is 2. The number of carboxylic acids is 1. The number of rotatable bonds is 6. The van der Waals surface area contributed by atoms with Gasteiger partial charge in [0.25, 0.3) is 0 Å². The number of aryl methyl sites for hydroxylation is 1. The summed E-state index contributed by atoms with van der Waals surface area (Å²) in [6.07, 6.45) is 0.580. The third-order valence-electron chi connectivity index (χ3n) is 3.65. The number of thiazole rings is 1. The van der Waals surface area contributed by atoms with Crippen LogP contribution in [0.5, 0.6) is 5.75 Å². The van der Waals surface area contributed by atoms with E-state index in [1.54, 1.807) is 12.1 Å². The number of hydrogen-bond donors (Lipinski definition) is 1. The lowest BCUT2D eigenvalue weighted by Gasteiger charge is -2.06. The minimum absolute atomic E-state index is 0.274. The predicted molar refractivity (Wildman–Crippen MR) is 94.6 cm³/mol. The summed E-state index contributed by atoms with van der Waals surface area (Å²) < 4.78 is 18.6. The highest BCUT2D eigenvalue weighted by atomic mass is 32.1. The van der Waals surface area contributed by atoms with Crippen molar-refractivity contribution >= 4 is 17.3 Å². The van der Waals surface area contributed by atoms with Gasteiger partial charge in [-0.2, -0.15) is 0 Å². The maximum absolute atomic E-state index is 12.9. The second-order valence-corrected chi connectivity index (χ2v) is 6.39. The number of hydrogen-bond acceptors (Lipinski definition) is 4. The van der Waals surface area contributed by atoms with Gasteiger partial charge in [-0.25, -0.2) is 14.2 Å². The number of carboxylic acid groups (broad SMARTS) is 1. The van der Waals surface area contributed by atoms with Gasteiger partial charge in [-0.3, -0.25) is 0 Å². The Balaban J connectivity index is 1.71. The first-order valence-electron chi connectivity index (χ1n) is 7.77. The molecule has 0 bridgehead atoms. The minimum Gasteiger partial charge on any atom is -0.489 e. The molecule has 0 fully saturated rings. The zero-order chi connectivity index (χ0) is 17.8. The van der Waals surface area contributed by atoms with Crippen LogP contribution >= 0.6 is 11.3 Å². The van der Waals surface area contributed by atoms with Gasteiger partial charge in [0.05, 0.1) is 5.69 Å². The van der Waals surface area contributed by atoms with E-state index in [9.17, 15) is 14.3 Å². The Morgan fingerprint density at radius 3 is 2.40 bits per heavy atom. The fourth-order valence-corrected chi connectivity index (χ4v) is 3.32. The number of nitrogens with zero attached hydrogens (tertiary/aromatic N) is 1. The maximum atomic E-state index is 12.9. The van der Waals surface area contributed by atoms with Crippen molar-refractivity contribution < 1.29 is 19.0 Å². The molecule has 0 atom stereocenters. The summed E-state index contributed by atoms with van der Waals surface area (Å²) in [4.78, 5) is 15.9. The van der Waals surface area contributed by atoms with Gasteiger partial charge >= 0.3 is 5.97 Å². The average Bonchev–Trinajstić information content (AvgIpc) is 3.06. The van der Waals surface area contributed by atoms with Crippen molar-refractivity contribution in [3.8, 4) is 16.3 Å². The molecule has 0 spiro atoms. The fourth-order valence-electron chi connectivity index (χ4n) is 2.32. The molecule has 0 aliphatic carbocycles. The van der Waals surface area contributed by atoms with Crippen LogP contribution in [-0.4, -0.2) is 16.1 Å². The van der Waals surface area contributed by atoms with Gasteiger partial charge in [0.1, 0.15) is 28.1 Å². The first kappa shape index (κ1) is 17.1. The molecule has 25 heavy (non-hydrogen) atoms. The normalized spacial score (nSPS) is 10.6. The van der Waals surface area contributed by atoms with Crippen LogP contribution < -0.4 is 4.74 Å². The van der Waals surface area contributed by atoms with Gasteiger partial charge < -0.3 is 9.84 Å². The molecule has 0 aliphatic heterocycles. The summed E-state index contributed by atoms with van der Waals surface area (Å²) in [5.74, 6) is -0.539. The maximum Gasteiger partial charge on any atom is 0.347 e. The lowest BCUT2D eigenvalue weighted by molar-refractivity contribution is 0.0701. The molecule has 3 rings (SSSR count). The van der Waals surface area contributed by atoms with Crippen molar-refractivity contribution in [1.29, 1.82) is 0 Å². The zero-order valence-corrected chi connectivity index (χ0v) is 14.3. The van der Waals surface area contributed by atoms with Crippen molar-refractivity contribution in [1.82, 2.24) is 4.98 Å². The number of aromatic nitrogens is 1. The Labute approximate surface area is 148 Å². The van der Waals surface area contributed by atoms with Gasteiger partial charge in [-0.05, 0) is 48.4 Å².